The standard InChI is InChI=1S/C12H26N2O2/c1-5-7-8-10-16-11(15)12(13,9-6-2)14(3)4/h5-10,13H2,1-4H3. The summed E-state index contributed by atoms with van der Waals surface area (Å²) in [5, 5.41) is 0. The number of ether oxygens (including phenoxy) is 1. The molecule has 0 fully saturated rings. The number of esters is 1. The monoisotopic (exact) mass is 230 g/mol. The van der Waals surface area contributed by atoms with Crippen molar-refractivity contribution in [1.82, 2.24) is 4.90 Å². The van der Waals surface area contributed by atoms with E-state index < -0.39 is 5.66 Å². The molecule has 0 rings (SSSR count). The first-order chi connectivity index (χ1) is 7.49. The number of carbonyl (C=O) groups is 1. The van der Waals surface area contributed by atoms with Crippen molar-refractivity contribution in [3.8, 4) is 0 Å². The Labute approximate surface area is 99.1 Å². The molecule has 1 atom stereocenters. The van der Waals surface area contributed by atoms with Crippen molar-refractivity contribution in [2.45, 2.75) is 51.6 Å². The van der Waals surface area contributed by atoms with E-state index in [-0.39, 0.29) is 5.97 Å². The van der Waals surface area contributed by atoms with E-state index in [2.05, 4.69) is 6.92 Å². The van der Waals surface area contributed by atoms with Crippen molar-refractivity contribution in [3.05, 3.63) is 0 Å². The van der Waals surface area contributed by atoms with E-state index in [0.717, 1.165) is 25.7 Å². The van der Waals surface area contributed by atoms with Crippen LogP contribution in [0.3, 0.4) is 0 Å². The summed E-state index contributed by atoms with van der Waals surface area (Å²) in [6, 6.07) is 0. The summed E-state index contributed by atoms with van der Waals surface area (Å²) >= 11 is 0. The first-order valence-electron chi connectivity index (χ1n) is 6.12. The van der Waals surface area contributed by atoms with Crippen LogP contribution in [0.5, 0.6) is 0 Å². The minimum atomic E-state index is -0.971. The molecule has 1 unspecified atom stereocenters. The maximum Gasteiger partial charge on any atom is 0.341 e. The fraction of sp³-hybridized carbons (Fsp3) is 0.917. The molecule has 0 aliphatic carbocycles. The summed E-state index contributed by atoms with van der Waals surface area (Å²) in [5.74, 6) is -0.310. The van der Waals surface area contributed by atoms with Gasteiger partial charge in [0.1, 0.15) is 0 Å². The molecule has 0 bridgehead atoms. The maximum atomic E-state index is 11.9. The molecular weight excluding hydrogens is 204 g/mol. The minimum Gasteiger partial charge on any atom is -0.463 e. The second kappa shape index (κ2) is 7.63. The second-order valence-corrected chi connectivity index (χ2v) is 4.41. The smallest absolute Gasteiger partial charge is 0.341 e. The Morgan fingerprint density at radius 3 is 2.31 bits per heavy atom. The lowest BCUT2D eigenvalue weighted by Gasteiger charge is -2.33. The van der Waals surface area contributed by atoms with Gasteiger partial charge in [-0.3, -0.25) is 4.90 Å². The highest BCUT2D eigenvalue weighted by molar-refractivity contribution is 5.79. The molecule has 0 aliphatic rings. The normalized spacial score (nSPS) is 14.9. The van der Waals surface area contributed by atoms with Gasteiger partial charge in [0.25, 0.3) is 0 Å². The molecular formula is C12H26N2O2. The van der Waals surface area contributed by atoms with Gasteiger partial charge in [-0.25, -0.2) is 4.79 Å². The van der Waals surface area contributed by atoms with Gasteiger partial charge >= 0.3 is 5.97 Å². The van der Waals surface area contributed by atoms with Crippen LogP contribution < -0.4 is 5.73 Å². The van der Waals surface area contributed by atoms with Crippen molar-refractivity contribution in [2.75, 3.05) is 20.7 Å². The Morgan fingerprint density at radius 1 is 1.25 bits per heavy atom. The molecule has 0 aliphatic heterocycles. The van der Waals surface area contributed by atoms with Crippen LogP contribution in [-0.4, -0.2) is 37.2 Å². The molecule has 0 radical (unpaired) electrons. The highest BCUT2D eigenvalue weighted by Crippen LogP contribution is 2.14. The van der Waals surface area contributed by atoms with Crippen LogP contribution in [-0.2, 0) is 9.53 Å². The maximum absolute atomic E-state index is 11.9. The number of hydrogen-bond donors (Lipinski definition) is 1. The van der Waals surface area contributed by atoms with E-state index in [1.807, 2.05) is 21.0 Å². The number of carbonyl (C=O) groups excluding carboxylic acids is 1. The van der Waals surface area contributed by atoms with Crippen molar-refractivity contribution < 1.29 is 9.53 Å². The quantitative estimate of drug-likeness (QED) is 0.392. The average Bonchev–Trinajstić information content (AvgIpc) is 2.24. The lowest BCUT2D eigenvalue weighted by Crippen LogP contribution is -2.59. The van der Waals surface area contributed by atoms with Gasteiger partial charge in [0.2, 0.25) is 0 Å². The Hall–Kier alpha value is -0.610. The molecule has 4 nitrogen and oxygen atoms in total. The van der Waals surface area contributed by atoms with Gasteiger partial charge in [-0.15, -0.1) is 0 Å². The fourth-order valence-corrected chi connectivity index (χ4v) is 1.53. The number of unbranched alkanes of at least 4 members (excludes halogenated alkanes) is 2. The van der Waals surface area contributed by atoms with E-state index in [9.17, 15) is 4.79 Å². The second-order valence-electron chi connectivity index (χ2n) is 4.41. The number of rotatable bonds is 8. The summed E-state index contributed by atoms with van der Waals surface area (Å²) in [4.78, 5) is 13.6. The van der Waals surface area contributed by atoms with E-state index in [4.69, 9.17) is 10.5 Å². The van der Waals surface area contributed by atoms with E-state index >= 15 is 0 Å². The highest BCUT2D eigenvalue weighted by atomic mass is 16.5. The molecule has 0 spiro atoms. The molecule has 16 heavy (non-hydrogen) atoms. The van der Waals surface area contributed by atoms with Gasteiger partial charge in [0, 0.05) is 0 Å². The Balaban J connectivity index is 4.18. The first-order valence-corrected chi connectivity index (χ1v) is 6.12. The minimum absolute atomic E-state index is 0.310. The number of likely N-dealkylation sites (N-methyl/N-ethyl adjacent to an activating group) is 1. The topological polar surface area (TPSA) is 55.6 Å². The van der Waals surface area contributed by atoms with Gasteiger partial charge in [-0.2, -0.15) is 0 Å². The van der Waals surface area contributed by atoms with Crippen LogP contribution in [0.2, 0.25) is 0 Å². The predicted octanol–water partition coefficient (Wildman–Crippen LogP) is 1.74. The number of hydrogen-bond acceptors (Lipinski definition) is 4. The zero-order valence-electron chi connectivity index (χ0n) is 11.1. The van der Waals surface area contributed by atoms with Crippen molar-refractivity contribution >= 4 is 5.97 Å². The van der Waals surface area contributed by atoms with Crippen molar-refractivity contribution in [3.63, 3.8) is 0 Å². The van der Waals surface area contributed by atoms with Gasteiger partial charge < -0.3 is 10.5 Å². The highest BCUT2D eigenvalue weighted by Gasteiger charge is 2.37. The Kier molecular flexibility index (Phi) is 7.34. The van der Waals surface area contributed by atoms with Gasteiger partial charge in [0.15, 0.2) is 5.66 Å². The largest absolute Gasteiger partial charge is 0.463 e. The first kappa shape index (κ1) is 15.4. The van der Waals surface area contributed by atoms with E-state index in [0.29, 0.717) is 13.0 Å². The van der Waals surface area contributed by atoms with Crippen LogP contribution in [0.1, 0.15) is 46.0 Å². The summed E-state index contributed by atoms with van der Waals surface area (Å²) in [6.45, 7) is 4.60. The molecule has 0 aromatic heterocycles. The molecule has 2 N–H and O–H groups in total. The molecule has 0 saturated carbocycles. The molecule has 4 heteroatoms. The molecule has 0 aromatic rings. The zero-order valence-corrected chi connectivity index (χ0v) is 11.1. The van der Waals surface area contributed by atoms with Crippen LogP contribution in [0, 0.1) is 0 Å². The SMILES string of the molecule is CCCCCOC(=O)C(N)(CCC)N(C)C. The van der Waals surface area contributed by atoms with Gasteiger partial charge in [-0.1, -0.05) is 33.1 Å². The third-order valence-corrected chi connectivity index (χ3v) is 2.76. The third-order valence-electron chi connectivity index (χ3n) is 2.76. The molecule has 0 amide bonds. The summed E-state index contributed by atoms with van der Waals surface area (Å²) in [5.41, 5.74) is 5.09. The van der Waals surface area contributed by atoms with Crippen LogP contribution in [0.25, 0.3) is 0 Å². The zero-order chi connectivity index (χ0) is 12.6. The fourth-order valence-electron chi connectivity index (χ4n) is 1.53. The molecule has 0 saturated heterocycles. The van der Waals surface area contributed by atoms with Gasteiger partial charge in [-0.05, 0) is 26.9 Å². The van der Waals surface area contributed by atoms with E-state index in [1.54, 1.807) is 4.90 Å². The van der Waals surface area contributed by atoms with Crippen LogP contribution in [0.4, 0.5) is 0 Å². The van der Waals surface area contributed by atoms with Crippen LogP contribution >= 0.6 is 0 Å². The number of nitrogens with two attached hydrogens (primary N) is 1. The van der Waals surface area contributed by atoms with Crippen molar-refractivity contribution in [1.29, 1.82) is 0 Å². The average molecular weight is 230 g/mol. The molecule has 0 heterocycles. The lowest BCUT2D eigenvalue weighted by atomic mass is 10.0. The molecule has 96 valence electrons. The van der Waals surface area contributed by atoms with E-state index in [1.165, 1.54) is 0 Å². The summed E-state index contributed by atoms with van der Waals surface area (Å²) < 4.78 is 5.22. The Bertz CT molecular complexity index is 207. The summed E-state index contributed by atoms with van der Waals surface area (Å²) in [7, 11) is 3.62. The predicted molar refractivity (Wildman–Crippen MR) is 66.0 cm³/mol. The Morgan fingerprint density at radius 2 is 1.88 bits per heavy atom. The molecule has 0 aromatic carbocycles. The van der Waals surface area contributed by atoms with Crippen molar-refractivity contribution in [2.24, 2.45) is 5.73 Å². The lowest BCUT2D eigenvalue weighted by molar-refractivity contribution is -0.157. The third kappa shape index (κ3) is 4.49. The van der Waals surface area contributed by atoms with Crippen LogP contribution in [0.15, 0.2) is 0 Å². The van der Waals surface area contributed by atoms with Gasteiger partial charge in [0.05, 0.1) is 6.61 Å². The number of nitrogens with zero attached hydrogens (tertiary/aromatic N) is 1. The summed E-state index contributed by atoms with van der Waals surface area (Å²) in [6.07, 6.45) is 4.60.